The van der Waals surface area contributed by atoms with Gasteiger partial charge in [-0.3, -0.25) is 0 Å². The molecule has 1 N–H and O–H groups in total. The van der Waals surface area contributed by atoms with Crippen LogP contribution in [-0.2, 0) is 24.3 Å². The van der Waals surface area contributed by atoms with Crippen molar-refractivity contribution in [2.24, 2.45) is 0 Å². The molecule has 40 heavy (non-hydrogen) atoms. The van der Waals surface area contributed by atoms with Gasteiger partial charge in [-0.2, -0.15) is 0 Å². The molecule has 0 bridgehead atoms. The second kappa shape index (κ2) is 11.0. The predicted octanol–water partition coefficient (Wildman–Crippen LogP) is 5.94. The molecule has 0 unspecified atom stereocenters. The van der Waals surface area contributed by atoms with Gasteiger partial charge in [-0.05, 0) is 42.3 Å². The third-order valence-electron chi connectivity index (χ3n) is 6.80. The van der Waals surface area contributed by atoms with Crippen LogP contribution in [0.2, 0.25) is 5.02 Å². The SMILES string of the molecule is O=C(O)c1ccc2nc(Cc3ccc(-c4cccc(OCc5ccc(Cl)cc5F)n4)cc3)n(C[C@@H]3CCO3)c2n1. The molecule has 3 aromatic heterocycles. The van der Waals surface area contributed by atoms with Crippen molar-refractivity contribution in [3.05, 3.63) is 106 Å². The van der Waals surface area contributed by atoms with Crippen molar-refractivity contribution in [1.82, 2.24) is 19.5 Å². The number of hydrogen-bond donors (Lipinski definition) is 1. The number of benzene rings is 2. The van der Waals surface area contributed by atoms with E-state index in [0.717, 1.165) is 35.7 Å². The lowest BCUT2D eigenvalue weighted by molar-refractivity contribution is -0.0590. The van der Waals surface area contributed by atoms with Gasteiger partial charge >= 0.3 is 5.97 Å². The highest BCUT2D eigenvalue weighted by Gasteiger charge is 2.23. The van der Waals surface area contributed by atoms with Gasteiger partial charge in [-0.15, -0.1) is 0 Å². The molecule has 0 amide bonds. The van der Waals surface area contributed by atoms with Gasteiger partial charge in [0.25, 0.3) is 0 Å². The number of ether oxygens (including phenoxy) is 2. The summed E-state index contributed by atoms with van der Waals surface area (Å²) < 4.78 is 27.4. The fourth-order valence-corrected chi connectivity index (χ4v) is 4.71. The fraction of sp³-hybridized carbons (Fsp3) is 0.200. The normalized spacial score (nSPS) is 14.7. The number of fused-ring (bicyclic) bond motifs is 1. The van der Waals surface area contributed by atoms with Crippen molar-refractivity contribution < 1.29 is 23.8 Å². The zero-order chi connectivity index (χ0) is 27.6. The lowest BCUT2D eigenvalue weighted by Gasteiger charge is -2.27. The Morgan fingerprint density at radius 2 is 1.90 bits per heavy atom. The summed E-state index contributed by atoms with van der Waals surface area (Å²) in [4.78, 5) is 25.2. The zero-order valence-electron chi connectivity index (χ0n) is 21.3. The van der Waals surface area contributed by atoms with Crippen LogP contribution in [0.4, 0.5) is 4.39 Å². The summed E-state index contributed by atoms with van der Waals surface area (Å²) in [6, 6.07) is 21.0. The lowest BCUT2D eigenvalue weighted by Crippen LogP contribution is -2.32. The number of imidazole rings is 1. The third kappa shape index (κ3) is 5.52. The average Bonchev–Trinajstić information content (AvgIpc) is 3.26. The number of carboxylic acids is 1. The molecule has 0 aliphatic carbocycles. The van der Waals surface area contributed by atoms with Crippen molar-refractivity contribution in [2.75, 3.05) is 6.61 Å². The minimum absolute atomic E-state index is 0.0175. The molecule has 5 aromatic rings. The van der Waals surface area contributed by atoms with Gasteiger partial charge in [0, 0.05) is 35.2 Å². The van der Waals surface area contributed by atoms with Gasteiger partial charge in [-0.25, -0.2) is 24.1 Å². The molecular weight excluding hydrogens is 535 g/mol. The number of nitrogens with zero attached hydrogens (tertiary/aromatic N) is 4. The number of rotatable bonds is 9. The first-order valence-corrected chi connectivity index (χ1v) is 13.1. The number of carbonyl (C=O) groups is 1. The van der Waals surface area contributed by atoms with Gasteiger partial charge < -0.3 is 19.1 Å². The molecule has 6 rings (SSSR count). The van der Waals surface area contributed by atoms with Crippen LogP contribution in [-0.4, -0.2) is 43.3 Å². The van der Waals surface area contributed by atoms with Crippen molar-refractivity contribution in [2.45, 2.75) is 32.1 Å². The second-order valence-electron chi connectivity index (χ2n) is 9.52. The van der Waals surface area contributed by atoms with Crippen LogP contribution in [0.15, 0.2) is 72.8 Å². The van der Waals surface area contributed by atoms with Crippen molar-refractivity contribution in [3.8, 4) is 17.1 Å². The van der Waals surface area contributed by atoms with Crippen LogP contribution in [0.1, 0.15) is 33.9 Å². The minimum Gasteiger partial charge on any atom is -0.477 e. The van der Waals surface area contributed by atoms with Crippen LogP contribution >= 0.6 is 11.6 Å². The number of halogens is 2. The first kappa shape index (κ1) is 25.9. The molecule has 8 nitrogen and oxygen atoms in total. The highest BCUT2D eigenvalue weighted by Crippen LogP contribution is 2.25. The van der Waals surface area contributed by atoms with E-state index in [0.29, 0.717) is 40.6 Å². The molecule has 1 aliphatic heterocycles. The summed E-state index contributed by atoms with van der Waals surface area (Å²) in [7, 11) is 0. The molecule has 0 radical (unpaired) electrons. The summed E-state index contributed by atoms with van der Waals surface area (Å²) in [5.41, 5.74) is 4.22. The maximum absolute atomic E-state index is 14.1. The second-order valence-corrected chi connectivity index (χ2v) is 9.96. The van der Waals surface area contributed by atoms with Gasteiger partial charge in [-0.1, -0.05) is 48.0 Å². The van der Waals surface area contributed by atoms with E-state index in [-0.39, 0.29) is 18.4 Å². The number of aromatic nitrogens is 4. The van der Waals surface area contributed by atoms with Crippen LogP contribution in [0.5, 0.6) is 5.88 Å². The molecule has 1 atom stereocenters. The summed E-state index contributed by atoms with van der Waals surface area (Å²) in [5.74, 6) is -0.328. The number of aromatic carboxylic acids is 1. The maximum Gasteiger partial charge on any atom is 0.354 e. The van der Waals surface area contributed by atoms with Gasteiger partial charge in [0.1, 0.15) is 23.8 Å². The molecule has 10 heteroatoms. The number of carboxylic acid groups (broad SMARTS) is 1. The van der Waals surface area contributed by atoms with E-state index in [1.807, 2.05) is 41.0 Å². The lowest BCUT2D eigenvalue weighted by atomic mass is 10.1. The molecule has 2 aromatic carbocycles. The molecule has 1 fully saturated rings. The van der Waals surface area contributed by atoms with E-state index < -0.39 is 11.8 Å². The average molecular weight is 559 g/mol. The molecule has 1 saturated heterocycles. The largest absolute Gasteiger partial charge is 0.477 e. The molecule has 202 valence electrons. The Morgan fingerprint density at radius 3 is 2.62 bits per heavy atom. The van der Waals surface area contributed by atoms with Gasteiger partial charge in [0.2, 0.25) is 5.88 Å². The van der Waals surface area contributed by atoms with Crippen LogP contribution in [0, 0.1) is 5.82 Å². The first-order valence-electron chi connectivity index (χ1n) is 12.8. The monoisotopic (exact) mass is 558 g/mol. The molecule has 0 saturated carbocycles. The van der Waals surface area contributed by atoms with E-state index in [9.17, 15) is 14.3 Å². The first-order chi connectivity index (χ1) is 19.4. The van der Waals surface area contributed by atoms with Crippen LogP contribution in [0.3, 0.4) is 0 Å². The minimum atomic E-state index is -1.08. The molecule has 1 aliphatic rings. The van der Waals surface area contributed by atoms with E-state index in [1.54, 1.807) is 24.3 Å². The van der Waals surface area contributed by atoms with E-state index in [1.165, 1.54) is 12.1 Å². The standard InChI is InChI=1S/C30H24ClFN4O4/c31-21-9-8-20(23(32)15-21)17-40-28-3-1-2-24(34-28)19-6-4-18(5-7-19)14-27-33-25-10-11-26(30(37)38)35-29(25)36(27)16-22-12-13-39-22/h1-11,15,22H,12-14,16-17H2,(H,37,38)/t22-/m0/s1. The summed E-state index contributed by atoms with van der Waals surface area (Å²) in [6.07, 6.45) is 1.54. The van der Waals surface area contributed by atoms with E-state index >= 15 is 0 Å². The van der Waals surface area contributed by atoms with Crippen molar-refractivity contribution in [3.63, 3.8) is 0 Å². The quantitative estimate of drug-likeness (QED) is 0.239. The predicted molar refractivity (Wildman–Crippen MR) is 147 cm³/mol. The zero-order valence-corrected chi connectivity index (χ0v) is 22.0. The Morgan fingerprint density at radius 1 is 1.07 bits per heavy atom. The number of hydrogen-bond acceptors (Lipinski definition) is 6. The van der Waals surface area contributed by atoms with Crippen LogP contribution < -0.4 is 4.74 Å². The van der Waals surface area contributed by atoms with Gasteiger partial charge in [0.15, 0.2) is 11.3 Å². The molecule has 4 heterocycles. The fourth-order valence-electron chi connectivity index (χ4n) is 4.55. The van der Waals surface area contributed by atoms with Gasteiger partial charge in [0.05, 0.1) is 18.3 Å². The molecular formula is C30H24ClFN4O4. The molecule has 0 spiro atoms. The summed E-state index contributed by atoms with van der Waals surface area (Å²) in [6.45, 7) is 1.32. The highest BCUT2D eigenvalue weighted by atomic mass is 35.5. The van der Waals surface area contributed by atoms with E-state index in [4.69, 9.17) is 26.1 Å². The van der Waals surface area contributed by atoms with Crippen LogP contribution in [0.25, 0.3) is 22.4 Å². The Kier molecular flexibility index (Phi) is 7.15. The van der Waals surface area contributed by atoms with E-state index in [2.05, 4.69) is 9.97 Å². The maximum atomic E-state index is 14.1. The Labute approximate surface area is 234 Å². The Balaban J connectivity index is 1.20. The third-order valence-corrected chi connectivity index (χ3v) is 7.03. The van der Waals surface area contributed by atoms with Crippen molar-refractivity contribution in [1.29, 1.82) is 0 Å². The highest BCUT2D eigenvalue weighted by molar-refractivity contribution is 6.30. The smallest absolute Gasteiger partial charge is 0.354 e. The number of pyridine rings is 2. The Hall–Kier alpha value is -4.34. The summed E-state index contributed by atoms with van der Waals surface area (Å²) in [5, 5.41) is 9.74. The topological polar surface area (TPSA) is 99.4 Å². The van der Waals surface area contributed by atoms with Crippen molar-refractivity contribution >= 4 is 28.7 Å². The Bertz CT molecular complexity index is 1700. The summed E-state index contributed by atoms with van der Waals surface area (Å²) >= 11 is 5.82.